The molecule has 0 bridgehead atoms. The Labute approximate surface area is 118 Å². The number of rotatable bonds is 3. The predicted octanol–water partition coefficient (Wildman–Crippen LogP) is 2.25. The van der Waals surface area contributed by atoms with E-state index in [0.29, 0.717) is 25.2 Å². The molecule has 1 amide bonds. The van der Waals surface area contributed by atoms with Crippen LogP contribution in [0.2, 0.25) is 0 Å². The van der Waals surface area contributed by atoms with Gasteiger partial charge in [-0.15, -0.1) is 12.3 Å². The standard InChI is InChI=1S/C16H18FNO2/c1-3-4-12-5-6-14(15(17)11-12)16(19)18(2)13-7-9-20-10-8-13/h1,5-6,11,13H,4,7-10H2,2H3. The fraction of sp³-hybridized carbons (Fsp3) is 0.438. The largest absolute Gasteiger partial charge is 0.381 e. The summed E-state index contributed by atoms with van der Waals surface area (Å²) >= 11 is 0. The third kappa shape index (κ3) is 3.17. The molecule has 3 nitrogen and oxygen atoms in total. The quantitative estimate of drug-likeness (QED) is 0.792. The van der Waals surface area contributed by atoms with Crippen LogP contribution in [-0.2, 0) is 11.2 Å². The van der Waals surface area contributed by atoms with Gasteiger partial charge in [0.25, 0.3) is 5.91 Å². The molecule has 1 fully saturated rings. The summed E-state index contributed by atoms with van der Waals surface area (Å²) in [5.74, 6) is 1.66. The summed E-state index contributed by atoms with van der Waals surface area (Å²) in [5, 5.41) is 0. The van der Waals surface area contributed by atoms with E-state index in [1.54, 1.807) is 18.0 Å². The molecule has 0 aliphatic carbocycles. The number of amides is 1. The highest BCUT2D eigenvalue weighted by molar-refractivity contribution is 5.94. The second kappa shape index (κ2) is 6.53. The van der Waals surface area contributed by atoms with Gasteiger partial charge < -0.3 is 9.64 Å². The molecule has 106 valence electrons. The average molecular weight is 275 g/mol. The number of carbonyl (C=O) groups excluding carboxylic acids is 1. The van der Waals surface area contributed by atoms with Crippen molar-refractivity contribution in [3.63, 3.8) is 0 Å². The molecule has 1 saturated heterocycles. The first-order chi connectivity index (χ1) is 9.63. The van der Waals surface area contributed by atoms with Gasteiger partial charge in [0.05, 0.1) is 5.56 Å². The van der Waals surface area contributed by atoms with Crippen molar-refractivity contribution < 1.29 is 13.9 Å². The summed E-state index contributed by atoms with van der Waals surface area (Å²) in [4.78, 5) is 14.0. The Bertz CT molecular complexity index is 530. The van der Waals surface area contributed by atoms with Crippen LogP contribution in [0.5, 0.6) is 0 Å². The maximum absolute atomic E-state index is 14.0. The Balaban J connectivity index is 2.14. The Morgan fingerprint density at radius 3 is 2.80 bits per heavy atom. The summed E-state index contributed by atoms with van der Waals surface area (Å²) in [6.45, 7) is 1.29. The number of carbonyl (C=O) groups is 1. The molecular weight excluding hydrogens is 257 g/mol. The SMILES string of the molecule is C#CCc1ccc(C(=O)N(C)C2CCOCC2)c(F)c1. The van der Waals surface area contributed by atoms with Crippen molar-refractivity contribution in [3.8, 4) is 12.3 Å². The summed E-state index contributed by atoms with van der Waals surface area (Å²) < 4.78 is 19.3. The molecule has 0 unspecified atom stereocenters. The van der Waals surface area contributed by atoms with Gasteiger partial charge in [-0.1, -0.05) is 6.07 Å². The van der Waals surface area contributed by atoms with Crippen molar-refractivity contribution in [1.29, 1.82) is 0 Å². The minimum Gasteiger partial charge on any atom is -0.381 e. The second-order valence-electron chi connectivity index (χ2n) is 4.95. The monoisotopic (exact) mass is 275 g/mol. The Hall–Kier alpha value is -1.86. The number of hydrogen-bond acceptors (Lipinski definition) is 2. The van der Waals surface area contributed by atoms with Crippen LogP contribution >= 0.6 is 0 Å². The van der Waals surface area contributed by atoms with E-state index in [4.69, 9.17) is 11.2 Å². The molecule has 0 aromatic heterocycles. The first-order valence-electron chi connectivity index (χ1n) is 6.70. The van der Waals surface area contributed by atoms with Gasteiger partial charge in [0.15, 0.2) is 0 Å². The van der Waals surface area contributed by atoms with Crippen LogP contribution < -0.4 is 0 Å². The summed E-state index contributed by atoms with van der Waals surface area (Å²) in [6.07, 6.45) is 7.14. The maximum atomic E-state index is 14.0. The van der Waals surface area contributed by atoms with E-state index in [0.717, 1.165) is 12.8 Å². The molecular formula is C16H18FNO2. The third-order valence-corrected chi connectivity index (χ3v) is 3.63. The van der Waals surface area contributed by atoms with E-state index in [9.17, 15) is 9.18 Å². The highest BCUT2D eigenvalue weighted by Gasteiger charge is 2.25. The molecule has 1 aromatic carbocycles. The van der Waals surface area contributed by atoms with Crippen LogP contribution in [0.4, 0.5) is 4.39 Å². The first kappa shape index (κ1) is 14.5. The lowest BCUT2D eigenvalue weighted by Crippen LogP contribution is -2.40. The molecule has 0 N–H and O–H groups in total. The zero-order valence-electron chi connectivity index (χ0n) is 11.6. The first-order valence-corrected chi connectivity index (χ1v) is 6.70. The summed E-state index contributed by atoms with van der Waals surface area (Å²) in [6, 6.07) is 4.67. The molecule has 4 heteroatoms. The van der Waals surface area contributed by atoms with Crippen LogP contribution in [0.25, 0.3) is 0 Å². The van der Waals surface area contributed by atoms with E-state index in [1.807, 2.05) is 0 Å². The van der Waals surface area contributed by atoms with Crippen molar-refractivity contribution in [2.24, 2.45) is 0 Å². The molecule has 20 heavy (non-hydrogen) atoms. The average Bonchev–Trinajstić information content (AvgIpc) is 2.47. The Kier molecular flexibility index (Phi) is 4.75. The van der Waals surface area contributed by atoms with Crippen LogP contribution in [-0.4, -0.2) is 37.1 Å². The number of nitrogens with zero attached hydrogens (tertiary/aromatic N) is 1. The maximum Gasteiger partial charge on any atom is 0.256 e. The summed E-state index contributed by atoms with van der Waals surface area (Å²) in [5.41, 5.74) is 0.801. The van der Waals surface area contributed by atoms with Crippen LogP contribution in [0.1, 0.15) is 28.8 Å². The summed E-state index contributed by atoms with van der Waals surface area (Å²) in [7, 11) is 1.72. The van der Waals surface area contributed by atoms with Gasteiger partial charge in [-0.25, -0.2) is 4.39 Å². The number of hydrogen-bond donors (Lipinski definition) is 0. The second-order valence-corrected chi connectivity index (χ2v) is 4.95. The van der Waals surface area contributed by atoms with Gasteiger partial charge in [0.2, 0.25) is 0 Å². The smallest absolute Gasteiger partial charge is 0.256 e. The highest BCUT2D eigenvalue weighted by Crippen LogP contribution is 2.18. The number of terminal acetylenes is 1. The lowest BCUT2D eigenvalue weighted by atomic mass is 10.0. The highest BCUT2D eigenvalue weighted by atomic mass is 19.1. The van der Waals surface area contributed by atoms with Crippen molar-refractivity contribution in [2.75, 3.05) is 20.3 Å². The molecule has 1 aromatic rings. The number of ether oxygens (including phenoxy) is 1. The van der Waals surface area contributed by atoms with Crippen LogP contribution in [0, 0.1) is 18.2 Å². The van der Waals surface area contributed by atoms with Crippen molar-refractivity contribution in [3.05, 3.63) is 35.1 Å². The lowest BCUT2D eigenvalue weighted by Gasteiger charge is -2.31. The molecule has 0 spiro atoms. The molecule has 0 radical (unpaired) electrons. The molecule has 0 atom stereocenters. The van der Waals surface area contributed by atoms with E-state index >= 15 is 0 Å². The van der Waals surface area contributed by atoms with Gasteiger partial charge in [0, 0.05) is 32.7 Å². The zero-order chi connectivity index (χ0) is 14.5. The van der Waals surface area contributed by atoms with Crippen LogP contribution in [0.3, 0.4) is 0 Å². The molecule has 2 rings (SSSR count). The van der Waals surface area contributed by atoms with Crippen molar-refractivity contribution in [1.82, 2.24) is 4.90 Å². The normalized spacial score (nSPS) is 15.7. The fourth-order valence-electron chi connectivity index (χ4n) is 2.39. The molecule has 1 aliphatic rings. The van der Waals surface area contributed by atoms with Gasteiger partial charge in [-0.2, -0.15) is 0 Å². The molecule has 1 heterocycles. The zero-order valence-corrected chi connectivity index (χ0v) is 11.6. The molecule has 0 saturated carbocycles. The topological polar surface area (TPSA) is 29.5 Å². The van der Waals surface area contributed by atoms with E-state index in [1.165, 1.54) is 12.1 Å². The minimum atomic E-state index is -0.512. The van der Waals surface area contributed by atoms with Crippen molar-refractivity contribution >= 4 is 5.91 Å². The Morgan fingerprint density at radius 1 is 1.50 bits per heavy atom. The third-order valence-electron chi connectivity index (χ3n) is 3.63. The predicted molar refractivity (Wildman–Crippen MR) is 74.9 cm³/mol. The van der Waals surface area contributed by atoms with E-state index in [2.05, 4.69) is 5.92 Å². The van der Waals surface area contributed by atoms with E-state index < -0.39 is 5.82 Å². The molecule has 1 aliphatic heterocycles. The van der Waals surface area contributed by atoms with Gasteiger partial charge in [0.1, 0.15) is 5.82 Å². The Morgan fingerprint density at radius 2 is 2.20 bits per heavy atom. The van der Waals surface area contributed by atoms with Gasteiger partial charge in [-0.05, 0) is 30.5 Å². The van der Waals surface area contributed by atoms with Crippen LogP contribution in [0.15, 0.2) is 18.2 Å². The number of benzene rings is 1. The number of halogens is 1. The van der Waals surface area contributed by atoms with Crippen molar-refractivity contribution in [2.45, 2.75) is 25.3 Å². The van der Waals surface area contributed by atoms with Gasteiger partial charge in [-0.3, -0.25) is 4.79 Å². The van der Waals surface area contributed by atoms with Gasteiger partial charge >= 0.3 is 0 Å². The fourth-order valence-corrected chi connectivity index (χ4v) is 2.39. The van der Waals surface area contributed by atoms with E-state index in [-0.39, 0.29) is 17.5 Å². The minimum absolute atomic E-state index is 0.0970. The lowest BCUT2D eigenvalue weighted by molar-refractivity contribution is 0.0359.